The molecule has 1 saturated carbocycles. The van der Waals surface area contributed by atoms with Gasteiger partial charge in [-0.05, 0) is 71.4 Å². The van der Waals surface area contributed by atoms with Crippen LogP contribution in [0.4, 0.5) is 5.69 Å². The van der Waals surface area contributed by atoms with Gasteiger partial charge in [-0.2, -0.15) is 0 Å². The number of nitrogens with zero attached hydrogens (tertiary/aromatic N) is 1. The lowest BCUT2D eigenvalue weighted by Crippen LogP contribution is -2.50. The Morgan fingerprint density at radius 3 is 2.22 bits per heavy atom. The van der Waals surface area contributed by atoms with Crippen LogP contribution >= 0.6 is 19.2 Å². The Morgan fingerprint density at radius 1 is 1.19 bits per heavy atom. The summed E-state index contributed by atoms with van der Waals surface area (Å²) in [6.45, 7) is 13.3. The number of carbonyl (C=O) groups is 1. The molecule has 2 atom stereocenters. The molecule has 10 heteroatoms. The Labute approximate surface area is 195 Å². The Morgan fingerprint density at radius 2 is 1.75 bits per heavy atom. The highest BCUT2D eigenvalue weighted by atomic mass is 35.5. The van der Waals surface area contributed by atoms with E-state index in [1.54, 1.807) is 0 Å². The van der Waals surface area contributed by atoms with E-state index in [9.17, 15) is 19.5 Å². The molecule has 8 nitrogen and oxygen atoms in total. The minimum absolute atomic E-state index is 0.100. The van der Waals surface area contributed by atoms with Crippen LogP contribution in [0, 0.1) is 15.5 Å². The van der Waals surface area contributed by atoms with Crippen molar-refractivity contribution < 1.29 is 23.3 Å². The zero-order valence-corrected chi connectivity index (χ0v) is 21.5. The summed E-state index contributed by atoms with van der Waals surface area (Å²) in [7, 11) is -3.52. The fraction of sp³-hybridized carbons (Fsp3) is 0.682. The normalized spacial score (nSPS) is 23.4. The van der Waals surface area contributed by atoms with Gasteiger partial charge in [0.05, 0.1) is 22.3 Å². The molecule has 1 N–H and O–H groups in total. The Balaban J connectivity index is 2.31. The second kappa shape index (κ2) is 9.80. The summed E-state index contributed by atoms with van der Waals surface area (Å²) in [5.41, 5.74) is -0.257. The lowest BCUT2D eigenvalue weighted by molar-refractivity contribution is -0.384. The molecular formula is C22H34ClN2O6P. The Kier molecular flexibility index (Phi) is 8.20. The number of carbonyl (C=O) groups excluding carboxylic acids is 1. The van der Waals surface area contributed by atoms with Gasteiger partial charge in [0, 0.05) is 17.7 Å². The molecular weight excluding hydrogens is 455 g/mol. The van der Waals surface area contributed by atoms with Crippen molar-refractivity contribution in [3.05, 3.63) is 38.9 Å². The second-order valence-corrected chi connectivity index (χ2v) is 13.0. The number of hydrogen-bond donors (Lipinski definition) is 1. The van der Waals surface area contributed by atoms with E-state index in [1.165, 1.54) is 18.2 Å². The molecule has 180 valence electrons. The fourth-order valence-corrected chi connectivity index (χ4v) is 7.64. The molecule has 0 heterocycles. The third kappa shape index (κ3) is 6.31. The molecule has 0 saturated heterocycles. The third-order valence-corrected chi connectivity index (χ3v) is 8.81. The van der Waals surface area contributed by atoms with E-state index >= 15 is 0 Å². The standard InChI is InChI=1S/C22H34ClN2O6P/c1-14(2)30-32(29,31-15(3)4)22(7)12-17(11-21(5,6)13-22)24-20(26)16-8-9-19(25(27)28)18(23)10-16/h8-10,14-15,17H,11-13H2,1-7H3,(H,24,26). The van der Waals surface area contributed by atoms with Crippen LogP contribution in [-0.4, -0.2) is 34.2 Å². The summed E-state index contributed by atoms with van der Waals surface area (Å²) in [6, 6.07) is 3.59. The first-order valence-corrected chi connectivity index (χ1v) is 12.7. The highest BCUT2D eigenvalue weighted by molar-refractivity contribution is 7.55. The average Bonchev–Trinajstić information content (AvgIpc) is 2.57. The van der Waals surface area contributed by atoms with Crippen molar-refractivity contribution in [3.63, 3.8) is 0 Å². The van der Waals surface area contributed by atoms with Crippen LogP contribution in [0.15, 0.2) is 18.2 Å². The average molecular weight is 489 g/mol. The molecule has 2 rings (SSSR count). The number of hydrogen-bond acceptors (Lipinski definition) is 6. The summed E-state index contributed by atoms with van der Waals surface area (Å²) < 4.78 is 25.8. The molecule has 0 aromatic heterocycles. The van der Waals surface area contributed by atoms with Gasteiger partial charge in [0.15, 0.2) is 0 Å². The molecule has 1 aliphatic rings. The SMILES string of the molecule is CC(C)OP(=O)(OC(C)C)C1(C)CC(NC(=O)c2ccc([N+](=O)[O-])c(Cl)c2)CC(C)(C)C1. The van der Waals surface area contributed by atoms with Crippen molar-refractivity contribution >= 4 is 30.8 Å². The van der Waals surface area contributed by atoms with Gasteiger partial charge >= 0.3 is 7.60 Å². The summed E-state index contributed by atoms with van der Waals surface area (Å²) >= 11 is 5.97. The van der Waals surface area contributed by atoms with Gasteiger partial charge in [0.25, 0.3) is 11.6 Å². The fourth-order valence-electron chi connectivity index (χ4n) is 4.66. The van der Waals surface area contributed by atoms with E-state index in [2.05, 4.69) is 19.2 Å². The first-order valence-electron chi connectivity index (χ1n) is 10.8. The molecule has 1 aromatic rings. The van der Waals surface area contributed by atoms with Crippen LogP contribution in [0.25, 0.3) is 0 Å². The van der Waals surface area contributed by atoms with Crippen LogP contribution in [0.3, 0.4) is 0 Å². The first-order chi connectivity index (χ1) is 14.6. The zero-order chi connectivity index (χ0) is 24.5. The van der Waals surface area contributed by atoms with Gasteiger partial charge < -0.3 is 14.4 Å². The van der Waals surface area contributed by atoms with Crippen molar-refractivity contribution in [1.82, 2.24) is 5.32 Å². The minimum atomic E-state index is -3.52. The van der Waals surface area contributed by atoms with Gasteiger partial charge in [0.2, 0.25) is 0 Å². The first kappa shape index (κ1) is 26.8. The van der Waals surface area contributed by atoms with Gasteiger partial charge in [-0.1, -0.05) is 25.4 Å². The van der Waals surface area contributed by atoms with Crippen molar-refractivity contribution in [2.45, 2.75) is 91.1 Å². The van der Waals surface area contributed by atoms with E-state index in [4.69, 9.17) is 20.6 Å². The maximum atomic E-state index is 14.0. The largest absolute Gasteiger partial charge is 0.349 e. The van der Waals surface area contributed by atoms with E-state index in [0.717, 1.165) is 0 Å². The van der Waals surface area contributed by atoms with Gasteiger partial charge in [-0.25, -0.2) is 0 Å². The Bertz CT molecular complexity index is 906. The molecule has 1 amide bonds. The predicted octanol–water partition coefficient (Wildman–Crippen LogP) is 6.36. The summed E-state index contributed by atoms with van der Waals surface area (Å²) in [6.07, 6.45) is 1.15. The van der Waals surface area contributed by atoms with E-state index < -0.39 is 23.6 Å². The van der Waals surface area contributed by atoms with Crippen LogP contribution in [0.1, 0.15) is 78.1 Å². The summed E-state index contributed by atoms with van der Waals surface area (Å²) in [5, 5.41) is 13.1. The topological polar surface area (TPSA) is 108 Å². The lowest BCUT2D eigenvalue weighted by atomic mass is 9.70. The van der Waals surface area contributed by atoms with Crippen molar-refractivity contribution in [3.8, 4) is 0 Å². The third-order valence-electron chi connectivity index (χ3n) is 5.45. The van der Waals surface area contributed by atoms with Gasteiger partial charge in [0.1, 0.15) is 5.02 Å². The van der Waals surface area contributed by atoms with Crippen molar-refractivity contribution in [2.75, 3.05) is 0 Å². The zero-order valence-electron chi connectivity index (χ0n) is 19.8. The summed E-state index contributed by atoms with van der Waals surface area (Å²) in [4.78, 5) is 23.3. The monoisotopic (exact) mass is 488 g/mol. The maximum absolute atomic E-state index is 14.0. The van der Waals surface area contributed by atoms with E-state index in [-0.39, 0.29) is 39.9 Å². The van der Waals surface area contributed by atoms with Crippen molar-refractivity contribution in [2.24, 2.45) is 5.41 Å². The number of nitrogens with one attached hydrogen (secondary N) is 1. The molecule has 1 fully saturated rings. The van der Waals surface area contributed by atoms with Crippen LogP contribution in [0.5, 0.6) is 0 Å². The quantitative estimate of drug-likeness (QED) is 0.259. The number of rotatable bonds is 8. The molecule has 0 bridgehead atoms. The lowest BCUT2D eigenvalue weighted by Gasteiger charge is -2.49. The number of nitro groups is 1. The number of amides is 1. The smallest absolute Gasteiger partial charge is 0.337 e. The number of benzene rings is 1. The highest BCUT2D eigenvalue weighted by Gasteiger charge is 2.55. The van der Waals surface area contributed by atoms with Crippen LogP contribution < -0.4 is 5.32 Å². The molecule has 32 heavy (non-hydrogen) atoms. The summed E-state index contributed by atoms with van der Waals surface area (Å²) in [5.74, 6) is -0.392. The molecule has 1 aliphatic carbocycles. The Hall–Kier alpha value is -1.47. The number of nitro benzene ring substituents is 1. The van der Waals surface area contributed by atoms with E-state index in [1.807, 2.05) is 34.6 Å². The van der Waals surface area contributed by atoms with Crippen LogP contribution in [-0.2, 0) is 13.6 Å². The molecule has 1 aromatic carbocycles. The van der Waals surface area contributed by atoms with Crippen molar-refractivity contribution in [1.29, 1.82) is 0 Å². The minimum Gasteiger partial charge on any atom is -0.349 e. The van der Waals surface area contributed by atoms with Gasteiger partial charge in [-0.3, -0.25) is 19.5 Å². The number of halogens is 1. The van der Waals surface area contributed by atoms with E-state index in [0.29, 0.717) is 19.3 Å². The maximum Gasteiger partial charge on any atom is 0.337 e. The van der Waals surface area contributed by atoms with Crippen LogP contribution in [0.2, 0.25) is 5.02 Å². The molecule has 0 spiro atoms. The highest BCUT2D eigenvalue weighted by Crippen LogP contribution is 2.68. The molecule has 0 aliphatic heterocycles. The predicted molar refractivity (Wildman–Crippen MR) is 125 cm³/mol. The molecule has 0 radical (unpaired) electrons. The van der Waals surface area contributed by atoms with Gasteiger partial charge in [-0.15, -0.1) is 0 Å². The second-order valence-electron chi connectivity index (χ2n) is 10.1. The molecule has 2 unspecified atom stereocenters.